The third-order valence-corrected chi connectivity index (χ3v) is 3.54. The van der Waals surface area contributed by atoms with Crippen LogP contribution in [0.5, 0.6) is 11.5 Å². The summed E-state index contributed by atoms with van der Waals surface area (Å²) in [6.07, 6.45) is 3.12. The first-order valence-electron chi connectivity index (χ1n) is 6.47. The van der Waals surface area contributed by atoms with Crippen molar-refractivity contribution in [1.29, 1.82) is 0 Å². The molecule has 0 bridgehead atoms. The van der Waals surface area contributed by atoms with Gasteiger partial charge in [-0.2, -0.15) is 0 Å². The molecule has 22 heavy (non-hydrogen) atoms. The highest BCUT2D eigenvalue weighted by atomic mass is 35.5. The zero-order valence-electron chi connectivity index (χ0n) is 12.3. The minimum atomic E-state index is -0.448. The zero-order chi connectivity index (χ0) is 16.7. The van der Waals surface area contributed by atoms with E-state index in [1.54, 1.807) is 13.0 Å². The summed E-state index contributed by atoms with van der Waals surface area (Å²) in [6, 6.07) is 2.60. The van der Waals surface area contributed by atoms with E-state index in [-0.39, 0.29) is 0 Å². The number of fused-ring (bicyclic) bond motifs is 1. The van der Waals surface area contributed by atoms with E-state index in [4.69, 9.17) is 37.8 Å². The van der Waals surface area contributed by atoms with Crippen LogP contribution in [0, 0.1) is 5.82 Å². The molecule has 1 aromatic rings. The van der Waals surface area contributed by atoms with Crippen molar-refractivity contribution >= 4 is 28.8 Å². The van der Waals surface area contributed by atoms with Gasteiger partial charge in [0.25, 0.3) is 0 Å². The fraction of sp³-hybridized carbons (Fsp3) is 0.250. The smallest absolute Gasteiger partial charge is 0.169 e. The molecule has 3 nitrogen and oxygen atoms in total. The summed E-state index contributed by atoms with van der Waals surface area (Å²) >= 11 is 12.3. The van der Waals surface area contributed by atoms with Crippen LogP contribution in [-0.2, 0) is 0 Å². The molecule has 0 saturated heterocycles. The van der Waals surface area contributed by atoms with Gasteiger partial charge in [0.1, 0.15) is 19.0 Å². The summed E-state index contributed by atoms with van der Waals surface area (Å²) in [4.78, 5) is 0. The molecule has 0 aliphatic carbocycles. The Morgan fingerprint density at radius 1 is 1.27 bits per heavy atom. The Labute approximate surface area is 139 Å². The van der Waals surface area contributed by atoms with E-state index in [1.807, 2.05) is 0 Å². The molecule has 0 saturated carbocycles. The van der Waals surface area contributed by atoms with E-state index in [9.17, 15) is 4.39 Å². The van der Waals surface area contributed by atoms with Gasteiger partial charge in [-0.3, -0.25) is 0 Å². The predicted molar refractivity (Wildman–Crippen MR) is 88.1 cm³/mol. The average Bonchev–Trinajstić information content (AvgIpc) is 2.56. The molecule has 0 spiro atoms. The molecule has 0 atom stereocenters. The maximum absolute atomic E-state index is 13.8. The van der Waals surface area contributed by atoms with Gasteiger partial charge in [0.2, 0.25) is 0 Å². The van der Waals surface area contributed by atoms with E-state index >= 15 is 0 Å². The lowest BCUT2D eigenvalue weighted by Gasteiger charge is -2.22. The van der Waals surface area contributed by atoms with Crippen LogP contribution in [0.2, 0.25) is 0 Å². The molecule has 0 unspecified atom stereocenters. The second-order valence-electron chi connectivity index (χ2n) is 4.04. The first-order valence-corrected chi connectivity index (χ1v) is 7.22. The largest absolute Gasteiger partial charge is 0.486 e. The SMILES string of the molecule is C=C/C(Cl)=C(\C(Cl)=C/C)c1cc(F)cc2c1OCCO2.CO. The van der Waals surface area contributed by atoms with Gasteiger partial charge < -0.3 is 14.6 Å². The number of ether oxygens (including phenoxy) is 2. The fourth-order valence-electron chi connectivity index (χ4n) is 1.92. The summed E-state index contributed by atoms with van der Waals surface area (Å²) in [5, 5.41) is 7.70. The minimum Gasteiger partial charge on any atom is -0.486 e. The van der Waals surface area contributed by atoms with Crippen LogP contribution in [0.4, 0.5) is 4.39 Å². The molecule has 1 aromatic carbocycles. The van der Waals surface area contributed by atoms with Crippen molar-refractivity contribution in [3.05, 3.63) is 52.3 Å². The number of halogens is 3. The van der Waals surface area contributed by atoms with Crippen molar-refractivity contribution in [2.45, 2.75) is 6.92 Å². The number of rotatable bonds is 3. The molecular formula is C16H17Cl2FO3. The van der Waals surface area contributed by atoms with Crippen LogP contribution in [0.3, 0.4) is 0 Å². The summed E-state index contributed by atoms with van der Waals surface area (Å²) in [5.74, 6) is 0.335. The lowest BCUT2D eigenvalue weighted by Crippen LogP contribution is -2.17. The Hall–Kier alpha value is -1.49. The third kappa shape index (κ3) is 4.03. The predicted octanol–water partition coefficient (Wildman–Crippen LogP) is 4.48. The van der Waals surface area contributed by atoms with Crippen LogP contribution >= 0.6 is 23.2 Å². The summed E-state index contributed by atoms with van der Waals surface area (Å²) in [7, 11) is 1.00. The molecule has 120 valence electrons. The van der Waals surface area contributed by atoms with Crippen molar-refractivity contribution in [2.75, 3.05) is 20.3 Å². The van der Waals surface area contributed by atoms with Gasteiger partial charge >= 0.3 is 0 Å². The highest BCUT2D eigenvalue weighted by Crippen LogP contribution is 2.43. The molecule has 1 aliphatic heterocycles. The average molecular weight is 347 g/mol. The molecule has 6 heteroatoms. The van der Waals surface area contributed by atoms with Gasteiger partial charge in [0.05, 0.1) is 0 Å². The standard InChI is InChI=1S/C15H13Cl2FO2.CH4O/c1-3-11(16)14(12(17)4-2)10-7-9(18)8-13-15(10)20-6-5-19-13;1-2/h3-4,7-8H,1,5-6H2,2H3;2H,1H3/b12-4+,14-11+;. The monoisotopic (exact) mass is 346 g/mol. The molecule has 1 aliphatic rings. The third-order valence-electron chi connectivity index (χ3n) is 2.79. The van der Waals surface area contributed by atoms with Gasteiger partial charge in [-0.25, -0.2) is 4.39 Å². The minimum absolute atomic E-state index is 0.315. The fourth-order valence-corrected chi connectivity index (χ4v) is 2.38. The van der Waals surface area contributed by atoms with Gasteiger partial charge in [-0.1, -0.05) is 41.9 Å². The second-order valence-corrected chi connectivity index (χ2v) is 4.86. The van der Waals surface area contributed by atoms with E-state index in [2.05, 4.69) is 6.58 Å². The quantitative estimate of drug-likeness (QED) is 0.819. The van der Waals surface area contributed by atoms with Crippen LogP contribution in [0.1, 0.15) is 12.5 Å². The number of hydrogen-bond donors (Lipinski definition) is 1. The topological polar surface area (TPSA) is 38.7 Å². The molecule has 0 amide bonds. The van der Waals surface area contributed by atoms with Crippen molar-refractivity contribution < 1.29 is 19.0 Å². The highest BCUT2D eigenvalue weighted by Gasteiger charge is 2.22. The van der Waals surface area contributed by atoms with Crippen LogP contribution in [0.15, 0.2) is 40.9 Å². The maximum Gasteiger partial charge on any atom is 0.169 e. The first kappa shape index (κ1) is 18.6. The summed E-state index contributed by atoms with van der Waals surface area (Å²) < 4.78 is 24.7. The number of hydrogen-bond acceptors (Lipinski definition) is 3. The molecule has 0 aromatic heterocycles. The van der Waals surface area contributed by atoms with Gasteiger partial charge in [-0.15, -0.1) is 0 Å². The number of allylic oxidation sites excluding steroid dienone is 5. The van der Waals surface area contributed by atoms with Crippen LogP contribution in [-0.4, -0.2) is 25.4 Å². The van der Waals surface area contributed by atoms with Crippen molar-refractivity contribution in [1.82, 2.24) is 0 Å². The van der Waals surface area contributed by atoms with E-state index < -0.39 is 5.82 Å². The lowest BCUT2D eigenvalue weighted by molar-refractivity contribution is 0.170. The van der Waals surface area contributed by atoms with Crippen LogP contribution < -0.4 is 9.47 Å². The molecule has 2 rings (SSSR count). The maximum atomic E-state index is 13.8. The lowest BCUT2D eigenvalue weighted by atomic mass is 10.0. The molecule has 0 radical (unpaired) electrons. The second kappa shape index (κ2) is 8.83. The van der Waals surface area contributed by atoms with Crippen molar-refractivity contribution in [3.63, 3.8) is 0 Å². The van der Waals surface area contributed by atoms with Crippen LogP contribution in [0.25, 0.3) is 5.57 Å². The Kier molecular flexibility index (Phi) is 7.45. The van der Waals surface area contributed by atoms with Gasteiger partial charge in [0, 0.05) is 34.4 Å². The molecule has 1 heterocycles. The van der Waals surface area contributed by atoms with E-state index in [0.717, 1.165) is 7.11 Å². The number of aliphatic hydroxyl groups is 1. The Morgan fingerprint density at radius 3 is 2.50 bits per heavy atom. The normalized spacial score (nSPS) is 14.5. The van der Waals surface area contributed by atoms with Gasteiger partial charge in [-0.05, 0) is 13.0 Å². The summed E-state index contributed by atoms with van der Waals surface area (Å²) in [6.45, 7) is 6.14. The molecule has 0 fully saturated rings. The highest BCUT2D eigenvalue weighted by molar-refractivity contribution is 6.42. The van der Waals surface area contributed by atoms with E-state index in [0.29, 0.717) is 45.9 Å². The summed E-state index contributed by atoms with van der Waals surface area (Å²) in [5.41, 5.74) is 0.916. The zero-order valence-corrected chi connectivity index (χ0v) is 13.8. The Morgan fingerprint density at radius 2 is 1.91 bits per heavy atom. The molecule has 1 N–H and O–H groups in total. The number of aliphatic hydroxyl groups excluding tert-OH is 1. The molecular weight excluding hydrogens is 330 g/mol. The number of benzene rings is 1. The van der Waals surface area contributed by atoms with Gasteiger partial charge in [0.15, 0.2) is 11.5 Å². The Bertz CT molecular complexity index is 610. The van der Waals surface area contributed by atoms with Crippen molar-refractivity contribution in [3.8, 4) is 11.5 Å². The Balaban J connectivity index is 0.00000116. The van der Waals surface area contributed by atoms with Crippen molar-refractivity contribution in [2.24, 2.45) is 0 Å². The van der Waals surface area contributed by atoms with E-state index in [1.165, 1.54) is 18.2 Å². The first-order chi connectivity index (χ1) is 10.6.